The van der Waals surface area contributed by atoms with Crippen molar-refractivity contribution in [3.05, 3.63) is 83.4 Å². The zero-order valence-corrected chi connectivity index (χ0v) is 13.1. The smallest absolute Gasteiger partial charge is 0.123 e. The Bertz CT molecular complexity index is 732. The standard InChI is InChI=1S/C18H14FN.BrH/c19-17-7-5-13(6-8-17)16-10-18-9-14-3-1-2-4-15(14)11-20(18)12-16;/h1-8,10,12H,9,11H2;1H. The van der Waals surface area contributed by atoms with Crippen LogP contribution in [-0.2, 0) is 13.0 Å². The van der Waals surface area contributed by atoms with Gasteiger partial charge in [-0.1, -0.05) is 36.4 Å². The molecule has 106 valence electrons. The molecule has 0 aliphatic carbocycles. The lowest BCUT2D eigenvalue weighted by Gasteiger charge is -2.18. The van der Waals surface area contributed by atoms with Crippen LogP contribution in [0.2, 0.25) is 0 Å². The van der Waals surface area contributed by atoms with Gasteiger partial charge in [0.2, 0.25) is 0 Å². The Morgan fingerprint density at radius 3 is 2.33 bits per heavy atom. The predicted molar refractivity (Wildman–Crippen MR) is 88.5 cm³/mol. The number of halogens is 2. The van der Waals surface area contributed by atoms with Crippen LogP contribution in [0.5, 0.6) is 0 Å². The molecular formula is C18H15BrFN. The number of benzene rings is 2. The van der Waals surface area contributed by atoms with Crippen molar-refractivity contribution in [2.75, 3.05) is 0 Å². The normalized spacial score (nSPS) is 12.2. The third kappa shape index (κ3) is 2.54. The maximum absolute atomic E-state index is 13.0. The molecule has 0 saturated carbocycles. The van der Waals surface area contributed by atoms with E-state index in [9.17, 15) is 4.39 Å². The molecule has 0 saturated heterocycles. The topological polar surface area (TPSA) is 4.93 Å². The van der Waals surface area contributed by atoms with Crippen molar-refractivity contribution in [1.29, 1.82) is 0 Å². The largest absolute Gasteiger partial charge is 0.346 e. The fourth-order valence-corrected chi connectivity index (χ4v) is 2.91. The Morgan fingerprint density at radius 1 is 0.857 bits per heavy atom. The van der Waals surface area contributed by atoms with E-state index in [1.165, 1.54) is 29.0 Å². The molecule has 1 nitrogen and oxygen atoms in total. The number of hydrogen-bond acceptors (Lipinski definition) is 0. The first-order chi connectivity index (χ1) is 9.79. The highest BCUT2D eigenvalue weighted by molar-refractivity contribution is 8.93. The Kier molecular flexibility index (Phi) is 3.68. The van der Waals surface area contributed by atoms with Crippen molar-refractivity contribution >= 4 is 17.0 Å². The van der Waals surface area contributed by atoms with Crippen LogP contribution in [0.1, 0.15) is 16.8 Å². The maximum Gasteiger partial charge on any atom is 0.123 e. The van der Waals surface area contributed by atoms with E-state index in [0.29, 0.717) is 0 Å². The fourth-order valence-electron chi connectivity index (χ4n) is 2.91. The molecule has 0 amide bonds. The zero-order chi connectivity index (χ0) is 13.5. The first-order valence-corrected chi connectivity index (χ1v) is 6.81. The first-order valence-electron chi connectivity index (χ1n) is 6.81. The van der Waals surface area contributed by atoms with Crippen LogP contribution in [0, 0.1) is 5.82 Å². The number of rotatable bonds is 1. The molecule has 1 aliphatic rings. The van der Waals surface area contributed by atoms with Gasteiger partial charge in [0.25, 0.3) is 0 Å². The van der Waals surface area contributed by atoms with E-state index in [1.807, 2.05) is 12.1 Å². The van der Waals surface area contributed by atoms with Gasteiger partial charge >= 0.3 is 0 Å². The van der Waals surface area contributed by atoms with Crippen molar-refractivity contribution in [3.8, 4) is 11.1 Å². The van der Waals surface area contributed by atoms with Crippen LogP contribution in [-0.4, -0.2) is 4.57 Å². The highest BCUT2D eigenvalue weighted by Gasteiger charge is 2.15. The van der Waals surface area contributed by atoms with Crippen LogP contribution in [0.15, 0.2) is 60.8 Å². The lowest BCUT2D eigenvalue weighted by Crippen LogP contribution is -2.12. The summed E-state index contributed by atoms with van der Waals surface area (Å²) in [6, 6.07) is 17.5. The Morgan fingerprint density at radius 2 is 1.57 bits per heavy atom. The molecule has 0 bridgehead atoms. The highest BCUT2D eigenvalue weighted by atomic mass is 79.9. The average molecular weight is 344 g/mol. The van der Waals surface area contributed by atoms with E-state index in [2.05, 4.69) is 41.1 Å². The van der Waals surface area contributed by atoms with E-state index in [4.69, 9.17) is 0 Å². The third-order valence-electron chi connectivity index (χ3n) is 3.99. The van der Waals surface area contributed by atoms with E-state index in [1.54, 1.807) is 0 Å². The first kappa shape index (κ1) is 14.1. The van der Waals surface area contributed by atoms with E-state index in [0.717, 1.165) is 24.1 Å². The molecule has 0 fully saturated rings. The van der Waals surface area contributed by atoms with Gasteiger partial charge in [-0.2, -0.15) is 0 Å². The van der Waals surface area contributed by atoms with Gasteiger partial charge in [0, 0.05) is 24.9 Å². The SMILES string of the molecule is Br.Fc1ccc(-c2cc3n(c2)Cc2ccccc2C3)cc1. The van der Waals surface area contributed by atoms with Crippen molar-refractivity contribution in [2.45, 2.75) is 13.0 Å². The van der Waals surface area contributed by atoms with Crippen molar-refractivity contribution in [3.63, 3.8) is 0 Å². The molecule has 3 aromatic rings. The van der Waals surface area contributed by atoms with Crippen LogP contribution < -0.4 is 0 Å². The molecule has 1 aromatic heterocycles. The summed E-state index contributed by atoms with van der Waals surface area (Å²) in [5, 5.41) is 0. The van der Waals surface area contributed by atoms with Gasteiger partial charge in [0.1, 0.15) is 5.82 Å². The van der Waals surface area contributed by atoms with Crippen molar-refractivity contribution in [1.82, 2.24) is 4.57 Å². The maximum atomic E-state index is 13.0. The third-order valence-corrected chi connectivity index (χ3v) is 3.99. The average Bonchev–Trinajstić information content (AvgIpc) is 2.88. The minimum atomic E-state index is -0.190. The summed E-state index contributed by atoms with van der Waals surface area (Å²) in [5.74, 6) is -0.190. The molecule has 3 heteroatoms. The van der Waals surface area contributed by atoms with Gasteiger partial charge in [-0.15, -0.1) is 17.0 Å². The van der Waals surface area contributed by atoms with Crippen LogP contribution >= 0.6 is 17.0 Å². The minimum Gasteiger partial charge on any atom is -0.346 e. The van der Waals surface area contributed by atoms with Gasteiger partial charge in [0.05, 0.1) is 0 Å². The van der Waals surface area contributed by atoms with Gasteiger partial charge in [-0.25, -0.2) is 4.39 Å². The molecule has 0 unspecified atom stereocenters. The lowest BCUT2D eigenvalue weighted by molar-refractivity contribution is 0.628. The van der Waals surface area contributed by atoms with E-state index in [-0.39, 0.29) is 22.8 Å². The quantitative estimate of drug-likeness (QED) is 0.466. The van der Waals surface area contributed by atoms with Crippen LogP contribution in [0.25, 0.3) is 11.1 Å². The summed E-state index contributed by atoms with van der Waals surface area (Å²) in [5.41, 5.74) is 6.35. The summed E-state index contributed by atoms with van der Waals surface area (Å²) in [7, 11) is 0. The molecule has 1 aliphatic heterocycles. The van der Waals surface area contributed by atoms with Gasteiger partial charge in [-0.3, -0.25) is 0 Å². The summed E-state index contributed by atoms with van der Waals surface area (Å²) < 4.78 is 15.3. The summed E-state index contributed by atoms with van der Waals surface area (Å²) in [6.45, 7) is 0.923. The molecule has 4 rings (SSSR count). The Labute approximate surface area is 133 Å². The molecule has 0 atom stereocenters. The molecule has 0 N–H and O–H groups in total. The van der Waals surface area contributed by atoms with Gasteiger partial charge in [-0.05, 0) is 40.5 Å². The monoisotopic (exact) mass is 343 g/mol. The predicted octanol–water partition coefficient (Wildman–Crippen LogP) is 4.82. The second kappa shape index (κ2) is 5.49. The highest BCUT2D eigenvalue weighted by Crippen LogP contribution is 2.28. The molecular weight excluding hydrogens is 329 g/mol. The molecule has 2 aromatic carbocycles. The Hall–Kier alpha value is -1.87. The van der Waals surface area contributed by atoms with Gasteiger partial charge < -0.3 is 4.57 Å². The van der Waals surface area contributed by atoms with Crippen molar-refractivity contribution in [2.24, 2.45) is 0 Å². The second-order valence-electron chi connectivity index (χ2n) is 5.30. The second-order valence-corrected chi connectivity index (χ2v) is 5.30. The van der Waals surface area contributed by atoms with Crippen LogP contribution in [0.4, 0.5) is 4.39 Å². The zero-order valence-electron chi connectivity index (χ0n) is 11.4. The summed E-state index contributed by atoms with van der Waals surface area (Å²) in [4.78, 5) is 0. The Balaban J connectivity index is 0.00000132. The number of aromatic nitrogens is 1. The summed E-state index contributed by atoms with van der Waals surface area (Å²) >= 11 is 0. The van der Waals surface area contributed by atoms with Gasteiger partial charge in [0.15, 0.2) is 0 Å². The van der Waals surface area contributed by atoms with Crippen molar-refractivity contribution < 1.29 is 4.39 Å². The number of hydrogen-bond donors (Lipinski definition) is 0. The molecule has 0 spiro atoms. The fraction of sp³-hybridized carbons (Fsp3) is 0.111. The minimum absolute atomic E-state index is 0. The number of nitrogens with zero attached hydrogens (tertiary/aromatic N) is 1. The van der Waals surface area contributed by atoms with E-state index < -0.39 is 0 Å². The molecule has 21 heavy (non-hydrogen) atoms. The van der Waals surface area contributed by atoms with Crippen LogP contribution in [0.3, 0.4) is 0 Å². The molecule has 0 radical (unpaired) electrons. The lowest BCUT2D eigenvalue weighted by atomic mass is 9.99. The summed E-state index contributed by atoms with van der Waals surface area (Å²) in [6.07, 6.45) is 3.13. The van der Waals surface area contributed by atoms with E-state index >= 15 is 0 Å². The number of fused-ring (bicyclic) bond motifs is 2. The molecule has 2 heterocycles.